The SMILES string of the molecule is CCCNCCN1CCN(C)C(C)C1. The normalized spacial score (nSPS) is 25.5. The third-order valence-electron chi connectivity index (χ3n) is 3.08. The lowest BCUT2D eigenvalue weighted by atomic mass is 10.2. The molecule has 0 amide bonds. The van der Waals surface area contributed by atoms with E-state index >= 15 is 0 Å². The summed E-state index contributed by atoms with van der Waals surface area (Å²) in [6, 6.07) is 0.718. The summed E-state index contributed by atoms with van der Waals surface area (Å²) in [7, 11) is 2.22. The van der Waals surface area contributed by atoms with E-state index in [2.05, 4.69) is 36.0 Å². The molecule has 3 nitrogen and oxygen atoms in total. The molecule has 0 aromatic carbocycles. The van der Waals surface area contributed by atoms with E-state index in [1.807, 2.05) is 0 Å². The van der Waals surface area contributed by atoms with Crippen molar-refractivity contribution in [2.45, 2.75) is 26.3 Å². The Balaban J connectivity index is 2.07. The number of likely N-dealkylation sites (N-methyl/N-ethyl adjacent to an activating group) is 1. The summed E-state index contributed by atoms with van der Waals surface area (Å²) in [5.74, 6) is 0. The van der Waals surface area contributed by atoms with Gasteiger partial charge in [-0.1, -0.05) is 6.92 Å². The fourth-order valence-corrected chi connectivity index (χ4v) is 1.87. The second-order valence-electron chi connectivity index (χ2n) is 4.38. The minimum Gasteiger partial charge on any atom is -0.315 e. The fraction of sp³-hybridized carbons (Fsp3) is 1.00. The summed E-state index contributed by atoms with van der Waals surface area (Å²) in [6.07, 6.45) is 1.24. The van der Waals surface area contributed by atoms with Gasteiger partial charge in [-0.2, -0.15) is 0 Å². The van der Waals surface area contributed by atoms with E-state index in [0.717, 1.165) is 19.1 Å². The summed E-state index contributed by atoms with van der Waals surface area (Å²) in [5.41, 5.74) is 0. The smallest absolute Gasteiger partial charge is 0.0192 e. The molecule has 1 atom stereocenters. The van der Waals surface area contributed by atoms with E-state index < -0.39 is 0 Å². The van der Waals surface area contributed by atoms with Crippen molar-refractivity contribution in [3.8, 4) is 0 Å². The van der Waals surface area contributed by atoms with Crippen LogP contribution in [0.2, 0.25) is 0 Å². The average Bonchev–Trinajstić information content (AvgIpc) is 2.18. The number of nitrogens with one attached hydrogen (secondary N) is 1. The molecule has 0 saturated carbocycles. The first-order valence-corrected chi connectivity index (χ1v) is 5.87. The molecule has 1 rings (SSSR count). The first-order chi connectivity index (χ1) is 6.74. The Kier molecular flexibility index (Phi) is 5.45. The van der Waals surface area contributed by atoms with Gasteiger partial charge in [-0.3, -0.25) is 4.90 Å². The lowest BCUT2D eigenvalue weighted by molar-refractivity contribution is 0.106. The van der Waals surface area contributed by atoms with Gasteiger partial charge in [-0.15, -0.1) is 0 Å². The number of rotatable bonds is 5. The Morgan fingerprint density at radius 2 is 2.07 bits per heavy atom. The van der Waals surface area contributed by atoms with Gasteiger partial charge in [-0.25, -0.2) is 0 Å². The van der Waals surface area contributed by atoms with Crippen molar-refractivity contribution >= 4 is 0 Å². The van der Waals surface area contributed by atoms with Crippen molar-refractivity contribution in [2.24, 2.45) is 0 Å². The van der Waals surface area contributed by atoms with Gasteiger partial charge in [0.05, 0.1) is 0 Å². The zero-order valence-electron chi connectivity index (χ0n) is 9.92. The van der Waals surface area contributed by atoms with Gasteiger partial charge in [-0.05, 0) is 26.9 Å². The molecule has 1 aliphatic heterocycles. The molecule has 84 valence electrons. The lowest BCUT2D eigenvalue weighted by Gasteiger charge is -2.37. The Hall–Kier alpha value is -0.120. The molecule has 1 N–H and O–H groups in total. The quantitative estimate of drug-likeness (QED) is 0.655. The molecule has 0 aromatic rings. The predicted molar refractivity (Wildman–Crippen MR) is 61.7 cm³/mol. The maximum atomic E-state index is 3.45. The van der Waals surface area contributed by atoms with Crippen LogP contribution in [-0.4, -0.2) is 62.2 Å². The van der Waals surface area contributed by atoms with Crippen molar-refractivity contribution in [3.05, 3.63) is 0 Å². The fourth-order valence-electron chi connectivity index (χ4n) is 1.87. The van der Waals surface area contributed by atoms with Crippen LogP contribution in [-0.2, 0) is 0 Å². The second kappa shape index (κ2) is 6.38. The van der Waals surface area contributed by atoms with Gasteiger partial charge in [0, 0.05) is 38.8 Å². The van der Waals surface area contributed by atoms with Crippen LogP contribution >= 0.6 is 0 Å². The molecular formula is C11H25N3. The second-order valence-corrected chi connectivity index (χ2v) is 4.38. The van der Waals surface area contributed by atoms with Gasteiger partial charge in [0.1, 0.15) is 0 Å². The third-order valence-corrected chi connectivity index (χ3v) is 3.08. The topological polar surface area (TPSA) is 18.5 Å². The Labute approximate surface area is 88.5 Å². The van der Waals surface area contributed by atoms with E-state index in [1.165, 1.54) is 32.6 Å². The van der Waals surface area contributed by atoms with Gasteiger partial charge in [0.25, 0.3) is 0 Å². The highest BCUT2D eigenvalue weighted by Gasteiger charge is 2.19. The lowest BCUT2D eigenvalue weighted by Crippen LogP contribution is -2.51. The van der Waals surface area contributed by atoms with Crippen LogP contribution in [0.3, 0.4) is 0 Å². The van der Waals surface area contributed by atoms with Crippen molar-refractivity contribution in [2.75, 3.05) is 46.3 Å². The molecule has 1 heterocycles. The number of hydrogen-bond donors (Lipinski definition) is 1. The number of nitrogens with zero attached hydrogens (tertiary/aromatic N) is 2. The zero-order chi connectivity index (χ0) is 10.4. The first kappa shape index (κ1) is 12.0. The van der Waals surface area contributed by atoms with Gasteiger partial charge in [0.15, 0.2) is 0 Å². The molecule has 0 bridgehead atoms. The highest BCUT2D eigenvalue weighted by Crippen LogP contribution is 2.05. The van der Waals surface area contributed by atoms with Gasteiger partial charge < -0.3 is 10.2 Å². The summed E-state index contributed by atoms with van der Waals surface area (Å²) >= 11 is 0. The Morgan fingerprint density at radius 1 is 1.29 bits per heavy atom. The molecule has 1 saturated heterocycles. The molecule has 0 aliphatic carbocycles. The summed E-state index contributed by atoms with van der Waals surface area (Å²) < 4.78 is 0. The maximum absolute atomic E-state index is 3.45. The van der Waals surface area contributed by atoms with Crippen molar-refractivity contribution in [1.29, 1.82) is 0 Å². The molecule has 0 spiro atoms. The van der Waals surface area contributed by atoms with Crippen LogP contribution in [0.1, 0.15) is 20.3 Å². The van der Waals surface area contributed by atoms with Crippen LogP contribution < -0.4 is 5.32 Å². The third kappa shape index (κ3) is 3.95. The van der Waals surface area contributed by atoms with E-state index in [4.69, 9.17) is 0 Å². The minimum atomic E-state index is 0.718. The summed E-state index contributed by atoms with van der Waals surface area (Å²) in [5, 5.41) is 3.45. The molecule has 0 aromatic heterocycles. The largest absolute Gasteiger partial charge is 0.315 e. The number of hydrogen-bond acceptors (Lipinski definition) is 3. The van der Waals surface area contributed by atoms with E-state index in [9.17, 15) is 0 Å². The molecular weight excluding hydrogens is 174 g/mol. The molecule has 14 heavy (non-hydrogen) atoms. The average molecular weight is 199 g/mol. The standard InChI is InChI=1S/C11H25N3/c1-4-5-12-6-7-14-9-8-13(3)11(2)10-14/h11-12H,4-10H2,1-3H3. The molecule has 3 heteroatoms. The highest BCUT2D eigenvalue weighted by molar-refractivity contribution is 4.76. The number of piperazine rings is 1. The maximum Gasteiger partial charge on any atom is 0.0192 e. The molecule has 1 aliphatic rings. The van der Waals surface area contributed by atoms with E-state index in [-0.39, 0.29) is 0 Å². The van der Waals surface area contributed by atoms with Crippen LogP contribution in [0.4, 0.5) is 0 Å². The van der Waals surface area contributed by atoms with Crippen molar-refractivity contribution < 1.29 is 0 Å². The van der Waals surface area contributed by atoms with Crippen molar-refractivity contribution in [3.63, 3.8) is 0 Å². The molecule has 1 unspecified atom stereocenters. The summed E-state index contributed by atoms with van der Waals surface area (Å²) in [6.45, 7) is 11.7. The molecule has 0 radical (unpaired) electrons. The van der Waals surface area contributed by atoms with E-state index in [1.54, 1.807) is 0 Å². The molecule has 1 fully saturated rings. The van der Waals surface area contributed by atoms with E-state index in [0.29, 0.717) is 0 Å². The van der Waals surface area contributed by atoms with Crippen LogP contribution in [0, 0.1) is 0 Å². The zero-order valence-corrected chi connectivity index (χ0v) is 9.92. The Bertz CT molecular complexity index is 149. The predicted octanol–water partition coefficient (Wildman–Crippen LogP) is 0.622. The van der Waals surface area contributed by atoms with Crippen LogP contribution in [0.25, 0.3) is 0 Å². The highest BCUT2D eigenvalue weighted by atomic mass is 15.3. The van der Waals surface area contributed by atoms with Crippen LogP contribution in [0.5, 0.6) is 0 Å². The monoisotopic (exact) mass is 199 g/mol. The van der Waals surface area contributed by atoms with Crippen LogP contribution in [0.15, 0.2) is 0 Å². The first-order valence-electron chi connectivity index (χ1n) is 5.87. The van der Waals surface area contributed by atoms with Gasteiger partial charge in [0.2, 0.25) is 0 Å². The van der Waals surface area contributed by atoms with Crippen molar-refractivity contribution in [1.82, 2.24) is 15.1 Å². The summed E-state index contributed by atoms with van der Waals surface area (Å²) in [4.78, 5) is 5.00. The Morgan fingerprint density at radius 3 is 2.71 bits per heavy atom. The minimum absolute atomic E-state index is 0.718. The van der Waals surface area contributed by atoms with Gasteiger partial charge >= 0.3 is 0 Å².